The summed E-state index contributed by atoms with van der Waals surface area (Å²) in [5, 5.41) is 3.15. The molecule has 1 unspecified atom stereocenters. The smallest absolute Gasteiger partial charge is 0.224 e. The van der Waals surface area contributed by atoms with Gasteiger partial charge in [-0.25, -0.2) is 0 Å². The number of benzene rings is 1. The third-order valence-corrected chi connectivity index (χ3v) is 5.20. The quantitative estimate of drug-likeness (QED) is 0.852. The van der Waals surface area contributed by atoms with Crippen LogP contribution in [0.25, 0.3) is 0 Å². The van der Waals surface area contributed by atoms with Crippen molar-refractivity contribution in [2.45, 2.75) is 26.3 Å². The third kappa shape index (κ3) is 5.80. The van der Waals surface area contributed by atoms with Crippen LogP contribution in [0.1, 0.15) is 24.0 Å². The molecule has 2 fully saturated rings. The number of piperidine rings is 1. The first-order chi connectivity index (χ1) is 12.2. The normalized spacial score (nSPS) is 22.7. The van der Waals surface area contributed by atoms with Gasteiger partial charge in [-0.3, -0.25) is 14.6 Å². The van der Waals surface area contributed by atoms with Crippen molar-refractivity contribution in [1.82, 2.24) is 15.1 Å². The number of hydrogen-bond acceptors (Lipinski definition) is 4. The lowest BCUT2D eigenvalue weighted by molar-refractivity contribution is -0.126. The molecule has 25 heavy (non-hydrogen) atoms. The molecule has 0 aromatic heterocycles. The maximum Gasteiger partial charge on any atom is 0.224 e. The summed E-state index contributed by atoms with van der Waals surface area (Å²) < 4.78 is 5.36. The van der Waals surface area contributed by atoms with E-state index in [2.05, 4.69) is 46.3 Å². The first-order valence-electron chi connectivity index (χ1n) is 9.56. The van der Waals surface area contributed by atoms with Crippen LogP contribution >= 0.6 is 0 Å². The molecule has 1 atom stereocenters. The van der Waals surface area contributed by atoms with Gasteiger partial charge in [-0.05, 0) is 31.9 Å². The first-order valence-corrected chi connectivity index (χ1v) is 9.56. The van der Waals surface area contributed by atoms with Crippen molar-refractivity contribution in [2.24, 2.45) is 5.92 Å². The summed E-state index contributed by atoms with van der Waals surface area (Å²) in [6.45, 7) is 10.3. The largest absolute Gasteiger partial charge is 0.379 e. The Hall–Kier alpha value is -1.43. The maximum absolute atomic E-state index is 12.5. The molecule has 1 aromatic carbocycles. The zero-order chi connectivity index (χ0) is 17.5. The average molecular weight is 345 g/mol. The number of nitrogens with one attached hydrogen (secondary N) is 1. The number of likely N-dealkylation sites (tertiary alicyclic amines) is 1. The van der Waals surface area contributed by atoms with Crippen molar-refractivity contribution in [3.8, 4) is 0 Å². The molecule has 0 radical (unpaired) electrons. The van der Waals surface area contributed by atoms with E-state index in [1.54, 1.807) is 0 Å². The van der Waals surface area contributed by atoms with E-state index in [0.29, 0.717) is 0 Å². The van der Waals surface area contributed by atoms with Gasteiger partial charge in [0.2, 0.25) is 5.91 Å². The molecule has 2 heterocycles. The molecule has 1 N–H and O–H groups in total. The summed E-state index contributed by atoms with van der Waals surface area (Å²) >= 11 is 0. The highest BCUT2D eigenvalue weighted by molar-refractivity contribution is 5.78. The topological polar surface area (TPSA) is 44.8 Å². The van der Waals surface area contributed by atoms with E-state index in [0.717, 1.165) is 71.9 Å². The van der Waals surface area contributed by atoms with Gasteiger partial charge in [0, 0.05) is 39.3 Å². The fraction of sp³-hybridized carbons (Fsp3) is 0.650. The maximum atomic E-state index is 12.5. The molecule has 2 aliphatic heterocycles. The van der Waals surface area contributed by atoms with Gasteiger partial charge in [0.15, 0.2) is 0 Å². The van der Waals surface area contributed by atoms with Crippen LogP contribution in [-0.2, 0) is 16.1 Å². The summed E-state index contributed by atoms with van der Waals surface area (Å²) in [6, 6.07) is 8.67. The highest BCUT2D eigenvalue weighted by atomic mass is 16.5. The molecule has 1 aromatic rings. The van der Waals surface area contributed by atoms with Crippen molar-refractivity contribution in [1.29, 1.82) is 0 Å². The fourth-order valence-electron chi connectivity index (χ4n) is 3.79. The lowest BCUT2D eigenvalue weighted by Gasteiger charge is -2.32. The number of rotatable bonds is 6. The highest BCUT2D eigenvalue weighted by Gasteiger charge is 2.25. The number of ether oxygens (including phenoxy) is 1. The van der Waals surface area contributed by atoms with Gasteiger partial charge in [0.05, 0.1) is 19.1 Å². The molecule has 5 heteroatoms. The van der Waals surface area contributed by atoms with E-state index >= 15 is 0 Å². The number of carbonyl (C=O) groups is 1. The SMILES string of the molecule is Cc1cccc(CN2CCCC(C(=O)NCCN3CCOCC3)C2)c1. The molecular formula is C20H31N3O2. The Labute approximate surface area is 151 Å². The van der Waals surface area contributed by atoms with Crippen molar-refractivity contribution in [3.63, 3.8) is 0 Å². The Kier molecular flexibility index (Phi) is 6.84. The average Bonchev–Trinajstić information content (AvgIpc) is 2.63. The molecular weight excluding hydrogens is 314 g/mol. The molecule has 3 rings (SSSR count). The van der Waals surface area contributed by atoms with Gasteiger partial charge < -0.3 is 10.1 Å². The second kappa shape index (κ2) is 9.32. The Bertz CT molecular complexity index is 558. The number of amides is 1. The van der Waals surface area contributed by atoms with E-state index in [1.807, 2.05) is 0 Å². The minimum absolute atomic E-state index is 0.128. The van der Waals surface area contributed by atoms with Crippen LogP contribution in [0.2, 0.25) is 0 Å². The second-order valence-electron chi connectivity index (χ2n) is 7.31. The molecule has 2 aliphatic rings. The molecule has 0 aliphatic carbocycles. The Morgan fingerprint density at radius 1 is 1.24 bits per heavy atom. The third-order valence-electron chi connectivity index (χ3n) is 5.20. The van der Waals surface area contributed by atoms with Gasteiger partial charge in [-0.1, -0.05) is 29.8 Å². The van der Waals surface area contributed by atoms with E-state index < -0.39 is 0 Å². The van der Waals surface area contributed by atoms with Gasteiger partial charge >= 0.3 is 0 Å². The fourth-order valence-corrected chi connectivity index (χ4v) is 3.79. The molecule has 138 valence electrons. The van der Waals surface area contributed by atoms with Crippen LogP contribution in [0.3, 0.4) is 0 Å². The number of carbonyl (C=O) groups excluding carboxylic acids is 1. The summed E-state index contributed by atoms with van der Waals surface area (Å²) in [7, 11) is 0. The minimum atomic E-state index is 0.128. The lowest BCUT2D eigenvalue weighted by atomic mass is 9.96. The van der Waals surface area contributed by atoms with E-state index in [9.17, 15) is 4.79 Å². The van der Waals surface area contributed by atoms with Gasteiger partial charge in [-0.15, -0.1) is 0 Å². The molecule has 2 saturated heterocycles. The standard InChI is InChI=1S/C20H31N3O2/c1-17-4-2-5-18(14-17)15-23-8-3-6-19(16-23)20(24)21-7-9-22-10-12-25-13-11-22/h2,4-5,14,19H,3,6-13,15-16H2,1H3,(H,21,24). The number of aryl methyl sites for hydroxylation is 1. The summed E-state index contributed by atoms with van der Waals surface area (Å²) in [5.41, 5.74) is 2.64. The van der Waals surface area contributed by atoms with E-state index in [-0.39, 0.29) is 11.8 Å². The van der Waals surface area contributed by atoms with Crippen molar-refractivity contribution >= 4 is 5.91 Å². The number of hydrogen-bond donors (Lipinski definition) is 1. The van der Waals surface area contributed by atoms with E-state index in [4.69, 9.17) is 4.74 Å². The first kappa shape index (κ1) is 18.4. The predicted octanol–water partition coefficient (Wildman–Crippen LogP) is 1.66. The minimum Gasteiger partial charge on any atom is -0.379 e. The van der Waals surface area contributed by atoms with E-state index in [1.165, 1.54) is 11.1 Å². The Balaban J connectivity index is 1.41. The zero-order valence-corrected chi connectivity index (χ0v) is 15.4. The molecule has 5 nitrogen and oxygen atoms in total. The Morgan fingerprint density at radius 3 is 2.88 bits per heavy atom. The Morgan fingerprint density at radius 2 is 2.08 bits per heavy atom. The van der Waals surface area contributed by atoms with Gasteiger partial charge in [-0.2, -0.15) is 0 Å². The van der Waals surface area contributed by atoms with Gasteiger partial charge in [0.25, 0.3) is 0 Å². The molecule has 1 amide bonds. The van der Waals surface area contributed by atoms with Crippen LogP contribution in [0.15, 0.2) is 24.3 Å². The second-order valence-corrected chi connectivity index (χ2v) is 7.31. The van der Waals surface area contributed by atoms with Crippen LogP contribution in [0, 0.1) is 12.8 Å². The number of nitrogens with zero attached hydrogens (tertiary/aromatic N) is 2. The van der Waals surface area contributed by atoms with Crippen LogP contribution in [0.5, 0.6) is 0 Å². The monoisotopic (exact) mass is 345 g/mol. The van der Waals surface area contributed by atoms with Crippen molar-refractivity contribution < 1.29 is 9.53 Å². The zero-order valence-electron chi connectivity index (χ0n) is 15.4. The van der Waals surface area contributed by atoms with Crippen molar-refractivity contribution in [3.05, 3.63) is 35.4 Å². The van der Waals surface area contributed by atoms with Crippen LogP contribution < -0.4 is 5.32 Å². The molecule has 0 spiro atoms. The summed E-state index contributed by atoms with van der Waals surface area (Å²) in [4.78, 5) is 17.3. The van der Waals surface area contributed by atoms with Crippen LogP contribution in [-0.4, -0.2) is 68.2 Å². The summed E-state index contributed by atoms with van der Waals surface area (Å²) in [5.74, 6) is 0.352. The lowest BCUT2D eigenvalue weighted by Crippen LogP contribution is -2.45. The molecule has 0 saturated carbocycles. The highest BCUT2D eigenvalue weighted by Crippen LogP contribution is 2.19. The van der Waals surface area contributed by atoms with Gasteiger partial charge in [0.1, 0.15) is 0 Å². The number of morpholine rings is 1. The predicted molar refractivity (Wildman–Crippen MR) is 99.4 cm³/mol. The molecule has 0 bridgehead atoms. The summed E-state index contributed by atoms with van der Waals surface area (Å²) in [6.07, 6.45) is 2.11. The van der Waals surface area contributed by atoms with Crippen LogP contribution in [0.4, 0.5) is 0 Å². The van der Waals surface area contributed by atoms with Crippen molar-refractivity contribution in [2.75, 3.05) is 52.5 Å².